The van der Waals surface area contributed by atoms with E-state index in [1.54, 1.807) is 24.0 Å². The zero-order valence-corrected chi connectivity index (χ0v) is 11.8. The maximum Gasteiger partial charge on any atom is 0.315 e. The zero-order chi connectivity index (χ0) is 15.7. The third kappa shape index (κ3) is 2.28. The van der Waals surface area contributed by atoms with Crippen molar-refractivity contribution in [2.75, 3.05) is 7.11 Å². The molecule has 9 nitrogen and oxygen atoms in total. The number of fused-ring (bicyclic) bond motifs is 1. The number of nitro groups is 1. The highest BCUT2D eigenvalue weighted by Gasteiger charge is 2.19. The van der Waals surface area contributed by atoms with Gasteiger partial charge in [0.2, 0.25) is 11.6 Å². The minimum absolute atomic E-state index is 0.0645. The van der Waals surface area contributed by atoms with Crippen molar-refractivity contribution in [3.63, 3.8) is 0 Å². The number of nitrogens with zero attached hydrogens (tertiary/aromatic N) is 5. The van der Waals surface area contributed by atoms with Crippen LogP contribution in [0.1, 0.15) is 0 Å². The standard InChI is InChI=1S/C13H11N5O4/c1-17-12-9(6-16-17)13(15-7-14-12)22-11-4-3-8(21-2)5-10(11)18(19)20/h3-7H,1-2H3. The number of aromatic nitrogens is 4. The fraction of sp³-hybridized carbons (Fsp3) is 0.154. The lowest BCUT2D eigenvalue weighted by atomic mass is 10.3. The van der Waals surface area contributed by atoms with Crippen molar-refractivity contribution in [3.05, 3.63) is 40.8 Å². The predicted octanol–water partition coefficient (Wildman–Crippen LogP) is 2.07. The Hall–Kier alpha value is -3.23. The maximum atomic E-state index is 11.2. The zero-order valence-electron chi connectivity index (χ0n) is 11.8. The van der Waals surface area contributed by atoms with Crippen LogP contribution in [0.3, 0.4) is 0 Å². The minimum atomic E-state index is -0.542. The molecule has 0 bridgehead atoms. The monoisotopic (exact) mass is 301 g/mol. The number of benzene rings is 1. The van der Waals surface area contributed by atoms with E-state index in [9.17, 15) is 10.1 Å². The molecular formula is C13H11N5O4. The van der Waals surface area contributed by atoms with E-state index in [2.05, 4.69) is 15.1 Å². The van der Waals surface area contributed by atoms with E-state index in [-0.39, 0.29) is 17.3 Å². The van der Waals surface area contributed by atoms with Crippen molar-refractivity contribution in [2.24, 2.45) is 7.05 Å². The highest BCUT2D eigenvalue weighted by atomic mass is 16.6. The van der Waals surface area contributed by atoms with Gasteiger partial charge in [-0.1, -0.05) is 0 Å². The maximum absolute atomic E-state index is 11.2. The molecule has 0 fully saturated rings. The topological polar surface area (TPSA) is 105 Å². The Morgan fingerprint density at radius 2 is 2.14 bits per heavy atom. The molecule has 0 radical (unpaired) electrons. The highest BCUT2D eigenvalue weighted by molar-refractivity contribution is 5.80. The van der Waals surface area contributed by atoms with E-state index in [1.807, 2.05) is 0 Å². The Labute approximate surface area is 124 Å². The number of aryl methyl sites for hydroxylation is 1. The Morgan fingerprint density at radius 3 is 2.86 bits per heavy atom. The van der Waals surface area contributed by atoms with Crippen molar-refractivity contribution in [1.82, 2.24) is 19.7 Å². The van der Waals surface area contributed by atoms with Crippen LogP contribution in [0.5, 0.6) is 17.4 Å². The van der Waals surface area contributed by atoms with Crippen LogP contribution in [0.4, 0.5) is 5.69 Å². The predicted molar refractivity (Wildman–Crippen MR) is 76.0 cm³/mol. The van der Waals surface area contributed by atoms with Gasteiger partial charge in [0.1, 0.15) is 17.5 Å². The highest BCUT2D eigenvalue weighted by Crippen LogP contribution is 2.35. The molecule has 22 heavy (non-hydrogen) atoms. The molecule has 2 heterocycles. The summed E-state index contributed by atoms with van der Waals surface area (Å²) in [6.45, 7) is 0. The van der Waals surface area contributed by atoms with E-state index in [0.717, 1.165) is 0 Å². The Kier molecular flexibility index (Phi) is 3.30. The van der Waals surface area contributed by atoms with Gasteiger partial charge >= 0.3 is 5.69 Å². The lowest BCUT2D eigenvalue weighted by molar-refractivity contribution is -0.385. The van der Waals surface area contributed by atoms with Gasteiger partial charge < -0.3 is 9.47 Å². The van der Waals surface area contributed by atoms with E-state index in [4.69, 9.17) is 9.47 Å². The van der Waals surface area contributed by atoms with E-state index >= 15 is 0 Å². The molecule has 0 N–H and O–H groups in total. The summed E-state index contributed by atoms with van der Waals surface area (Å²) in [6, 6.07) is 4.32. The Morgan fingerprint density at radius 1 is 1.32 bits per heavy atom. The van der Waals surface area contributed by atoms with Gasteiger partial charge in [-0.3, -0.25) is 14.8 Å². The van der Waals surface area contributed by atoms with Crippen molar-refractivity contribution < 1.29 is 14.4 Å². The van der Waals surface area contributed by atoms with Crippen LogP contribution in [0.15, 0.2) is 30.7 Å². The molecule has 3 aromatic rings. The third-order valence-electron chi connectivity index (χ3n) is 3.06. The summed E-state index contributed by atoms with van der Waals surface area (Å²) >= 11 is 0. The van der Waals surface area contributed by atoms with Gasteiger partial charge in [-0.05, 0) is 12.1 Å². The summed E-state index contributed by atoms with van der Waals surface area (Å²) < 4.78 is 12.1. The van der Waals surface area contributed by atoms with Gasteiger partial charge in [0, 0.05) is 7.05 Å². The van der Waals surface area contributed by atoms with E-state index in [1.165, 1.54) is 25.6 Å². The SMILES string of the molecule is COc1ccc(Oc2ncnc3c2cnn3C)c([N+](=O)[O-])c1. The van der Waals surface area contributed by atoms with E-state index < -0.39 is 4.92 Å². The normalized spacial score (nSPS) is 10.6. The summed E-state index contributed by atoms with van der Waals surface area (Å²) in [6.07, 6.45) is 2.86. The summed E-state index contributed by atoms with van der Waals surface area (Å²) in [5.74, 6) is 0.634. The minimum Gasteiger partial charge on any atom is -0.496 e. The molecule has 0 spiro atoms. The average Bonchev–Trinajstić information content (AvgIpc) is 2.90. The van der Waals surface area contributed by atoms with Crippen LogP contribution in [-0.2, 0) is 7.05 Å². The molecule has 0 aliphatic rings. The van der Waals surface area contributed by atoms with Crippen molar-refractivity contribution in [2.45, 2.75) is 0 Å². The van der Waals surface area contributed by atoms with Crippen LogP contribution >= 0.6 is 0 Å². The van der Waals surface area contributed by atoms with Crippen LogP contribution in [0.25, 0.3) is 11.0 Å². The second-order valence-corrected chi connectivity index (χ2v) is 4.38. The van der Waals surface area contributed by atoms with Crippen molar-refractivity contribution in [3.8, 4) is 17.4 Å². The molecule has 0 unspecified atom stereocenters. The van der Waals surface area contributed by atoms with Gasteiger partial charge in [-0.2, -0.15) is 5.10 Å². The van der Waals surface area contributed by atoms with E-state index in [0.29, 0.717) is 16.8 Å². The second kappa shape index (κ2) is 5.28. The van der Waals surface area contributed by atoms with Gasteiger partial charge in [0.25, 0.3) is 0 Å². The molecule has 0 atom stereocenters. The molecule has 0 amide bonds. The number of hydrogen-bond acceptors (Lipinski definition) is 7. The molecule has 2 aromatic heterocycles. The van der Waals surface area contributed by atoms with Gasteiger partial charge in [-0.15, -0.1) is 0 Å². The molecule has 112 valence electrons. The summed E-state index contributed by atoms with van der Waals surface area (Å²) in [5.41, 5.74) is 0.358. The van der Waals surface area contributed by atoms with Crippen LogP contribution < -0.4 is 9.47 Å². The number of nitro benzene ring substituents is 1. The lowest BCUT2D eigenvalue weighted by Crippen LogP contribution is -1.97. The third-order valence-corrected chi connectivity index (χ3v) is 3.06. The molecule has 0 saturated carbocycles. The molecular weight excluding hydrogens is 290 g/mol. The first-order valence-electron chi connectivity index (χ1n) is 6.23. The quantitative estimate of drug-likeness (QED) is 0.536. The first-order chi connectivity index (χ1) is 10.6. The van der Waals surface area contributed by atoms with Crippen LogP contribution in [0.2, 0.25) is 0 Å². The summed E-state index contributed by atoms with van der Waals surface area (Å²) in [4.78, 5) is 18.7. The molecule has 1 aromatic carbocycles. The molecule has 9 heteroatoms. The number of hydrogen-bond donors (Lipinski definition) is 0. The number of ether oxygens (including phenoxy) is 2. The van der Waals surface area contributed by atoms with Crippen molar-refractivity contribution >= 4 is 16.7 Å². The first kappa shape index (κ1) is 13.7. The van der Waals surface area contributed by atoms with Crippen molar-refractivity contribution in [1.29, 1.82) is 0 Å². The second-order valence-electron chi connectivity index (χ2n) is 4.38. The molecule has 0 saturated heterocycles. The van der Waals surface area contributed by atoms with Crippen LogP contribution in [-0.4, -0.2) is 31.8 Å². The fourth-order valence-corrected chi connectivity index (χ4v) is 1.98. The number of methoxy groups -OCH3 is 1. The van der Waals surface area contributed by atoms with Gasteiger partial charge in [-0.25, -0.2) is 9.97 Å². The first-order valence-corrected chi connectivity index (χ1v) is 6.23. The smallest absolute Gasteiger partial charge is 0.315 e. The lowest BCUT2D eigenvalue weighted by Gasteiger charge is -2.07. The fourth-order valence-electron chi connectivity index (χ4n) is 1.98. The number of rotatable bonds is 4. The van der Waals surface area contributed by atoms with Gasteiger partial charge in [0.05, 0.1) is 24.3 Å². The largest absolute Gasteiger partial charge is 0.496 e. The van der Waals surface area contributed by atoms with Gasteiger partial charge in [0.15, 0.2) is 5.65 Å². The summed E-state index contributed by atoms with van der Waals surface area (Å²) in [5, 5.41) is 15.8. The van der Waals surface area contributed by atoms with Crippen LogP contribution in [0, 0.1) is 10.1 Å². The molecule has 3 rings (SSSR count). The average molecular weight is 301 g/mol. The summed E-state index contributed by atoms with van der Waals surface area (Å²) in [7, 11) is 3.16. The Balaban J connectivity index is 2.07. The molecule has 0 aliphatic carbocycles. The Bertz CT molecular complexity index is 861. The molecule has 0 aliphatic heterocycles.